The largest absolute Gasteiger partial charge is 0.452 e. The standard InChI is InChI=1S/C22H23N3O5S2/c1-15-9-10-16(13-19(15)32(28,29)25-11-5-2-6-12-25)21(27)30-14-20(26)24-22-23-17-7-3-4-8-18(17)31-22/h3-4,7-10,13H,2,5-6,11-12,14H2,1H3,(H,23,24,26). The van der Waals surface area contributed by atoms with Crippen LogP contribution in [0.3, 0.4) is 0 Å². The molecule has 2 heterocycles. The molecule has 4 rings (SSSR count). The average molecular weight is 474 g/mol. The second kappa shape index (κ2) is 9.35. The van der Waals surface area contributed by atoms with Crippen LogP contribution in [0.4, 0.5) is 5.13 Å². The number of ether oxygens (including phenoxy) is 1. The highest BCUT2D eigenvalue weighted by Crippen LogP contribution is 2.26. The number of aromatic nitrogens is 1. The first-order valence-corrected chi connectivity index (χ1v) is 12.5. The molecule has 32 heavy (non-hydrogen) atoms. The van der Waals surface area contributed by atoms with Gasteiger partial charge < -0.3 is 4.74 Å². The molecule has 8 nitrogen and oxygen atoms in total. The zero-order valence-electron chi connectivity index (χ0n) is 17.5. The summed E-state index contributed by atoms with van der Waals surface area (Å²) in [6.07, 6.45) is 2.66. The molecule has 168 valence electrons. The second-order valence-corrected chi connectivity index (χ2v) is 10.5. The number of fused-ring (bicyclic) bond motifs is 1. The number of carbonyl (C=O) groups excluding carboxylic acids is 2. The van der Waals surface area contributed by atoms with Gasteiger partial charge in [0.25, 0.3) is 5.91 Å². The number of sulfonamides is 1. The van der Waals surface area contributed by atoms with Crippen LogP contribution in [0.15, 0.2) is 47.4 Å². The number of rotatable bonds is 6. The highest BCUT2D eigenvalue weighted by Gasteiger charge is 2.28. The van der Waals surface area contributed by atoms with Crippen molar-refractivity contribution in [2.45, 2.75) is 31.1 Å². The predicted molar refractivity (Wildman–Crippen MR) is 122 cm³/mol. The Kier molecular flexibility index (Phi) is 6.54. The minimum absolute atomic E-state index is 0.0824. The second-order valence-electron chi connectivity index (χ2n) is 7.56. The minimum Gasteiger partial charge on any atom is -0.452 e. The number of hydrogen-bond acceptors (Lipinski definition) is 7. The zero-order valence-corrected chi connectivity index (χ0v) is 19.2. The molecule has 1 amide bonds. The summed E-state index contributed by atoms with van der Waals surface area (Å²) in [6, 6.07) is 11.9. The maximum absolute atomic E-state index is 13.0. The number of carbonyl (C=O) groups is 2. The molecule has 0 atom stereocenters. The van der Waals surface area contributed by atoms with Gasteiger partial charge in [0.1, 0.15) is 0 Å². The lowest BCUT2D eigenvalue weighted by Crippen LogP contribution is -2.36. The Balaban J connectivity index is 1.41. The Labute approximate surface area is 190 Å². The van der Waals surface area contributed by atoms with Crippen LogP contribution in [0, 0.1) is 6.92 Å². The van der Waals surface area contributed by atoms with Crippen LogP contribution >= 0.6 is 11.3 Å². The van der Waals surface area contributed by atoms with Crippen molar-refractivity contribution in [3.63, 3.8) is 0 Å². The van der Waals surface area contributed by atoms with Crippen molar-refractivity contribution in [2.24, 2.45) is 0 Å². The fourth-order valence-electron chi connectivity index (χ4n) is 3.54. The number of amides is 1. The number of hydrogen-bond donors (Lipinski definition) is 1. The Hall–Kier alpha value is -2.82. The monoisotopic (exact) mass is 473 g/mol. The summed E-state index contributed by atoms with van der Waals surface area (Å²) in [5.74, 6) is -1.29. The number of esters is 1. The third-order valence-electron chi connectivity index (χ3n) is 5.23. The summed E-state index contributed by atoms with van der Waals surface area (Å²) < 4.78 is 33.6. The lowest BCUT2D eigenvalue weighted by atomic mass is 10.1. The average Bonchev–Trinajstić information content (AvgIpc) is 3.20. The Morgan fingerprint density at radius 2 is 1.88 bits per heavy atom. The number of nitrogens with one attached hydrogen (secondary N) is 1. The topological polar surface area (TPSA) is 106 Å². The van der Waals surface area contributed by atoms with Crippen LogP contribution in [-0.4, -0.2) is 49.3 Å². The van der Waals surface area contributed by atoms with Gasteiger partial charge in [-0.15, -0.1) is 0 Å². The van der Waals surface area contributed by atoms with Gasteiger partial charge in [-0.1, -0.05) is 36.0 Å². The molecule has 2 aromatic carbocycles. The molecular formula is C22H23N3O5S2. The van der Waals surface area contributed by atoms with Gasteiger partial charge in [-0.25, -0.2) is 18.2 Å². The van der Waals surface area contributed by atoms with E-state index in [1.54, 1.807) is 13.0 Å². The van der Waals surface area contributed by atoms with Crippen molar-refractivity contribution in [3.05, 3.63) is 53.6 Å². The number of para-hydroxylation sites is 1. The third kappa shape index (κ3) is 4.82. The molecule has 1 N–H and O–H groups in total. The summed E-state index contributed by atoms with van der Waals surface area (Å²) in [5, 5.41) is 3.03. The molecule has 0 saturated carbocycles. The molecule has 1 aliphatic rings. The van der Waals surface area contributed by atoms with E-state index in [-0.39, 0.29) is 10.5 Å². The summed E-state index contributed by atoms with van der Waals surface area (Å²) in [4.78, 5) is 29.1. The van der Waals surface area contributed by atoms with E-state index in [1.807, 2.05) is 24.3 Å². The lowest BCUT2D eigenvalue weighted by molar-refractivity contribution is -0.119. The van der Waals surface area contributed by atoms with E-state index in [4.69, 9.17) is 4.74 Å². The van der Waals surface area contributed by atoms with Crippen LogP contribution < -0.4 is 5.32 Å². The fraction of sp³-hybridized carbons (Fsp3) is 0.318. The van der Waals surface area contributed by atoms with E-state index in [0.29, 0.717) is 23.8 Å². The van der Waals surface area contributed by atoms with Crippen molar-refractivity contribution >= 4 is 48.6 Å². The molecule has 0 spiro atoms. The Morgan fingerprint density at radius 3 is 2.62 bits per heavy atom. The first kappa shape index (κ1) is 22.4. The van der Waals surface area contributed by atoms with Gasteiger partial charge in [-0.3, -0.25) is 10.1 Å². The van der Waals surface area contributed by atoms with Gasteiger partial charge in [0.05, 0.1) is 20.7 Å². The quantitative estimate of drug-likeness (QED) is 0.549. The molecule has 1 fully saturated rings. The number of benzene rings is 2. The van der Waals surface area contributed by atoms with Crippen molar-refractivity contribution in [3.8, 4) is 0 Å². The molecular weight excluding hydrogens is 450 g/mol. The normalized spacial score (nSPS) is 14.9. The molecule has 1 saturated heterocycles. The highest BCUT2D eigenvalue weighted by molar-refractivity contribution is 7.89. The third-order valence-corrected chi connectivity index (χ3v) is 8.22. The van der Waals surface area contributed by atoms with Crippen LogP contribution in [0.25, 0.3) is 10.2 Å². The van der Waals surface area contributed by atoms with Gasteiger partial charge in [-0.05, 0) is 49.6 Å². The van der Waals surface area contributed by atoms with Gasteiger partial charge in [0.15, 0.2) is 11.7 Å². The summed E-state index contributed by atoms with van der Waals surface area (Å²) >= 11 is 1.32. The van der Waals surface area contributed by atoms with Crippen molar-refractivity contribution in [2.75, 3.05) is 25.0 Å². The van der Waals surface area contributed by atoms with Crippen LogP contribution in [0.5, 0.6) is 0 Å². The maximum Gasteiger partial charge on any atom is 0.338 e. The van der Waals surface area contributed by atoms with E-state index >= 15 is 0 Å². The van der Waals surface area contributed by atoms with E-state index in [2.05, 4.69) is 10.3 Å². The lowest BCUT2D eigenvalue weighted by Gasteiger charge is -2.26. The van der Waals surface area contributed by atoms with Gasteiger partial charge in [-0.2, -0.15) is 4.31 Å². The number of piperidine rings is 1. The van der Waals surface area contributed by atoms with Crippen LogP contribution in [0.2, 0.25) is 0 Å². The molecule has 0 bridgehead atoms. The number of anilines is 1. The Morgan fingerprint density at radius 1 is 1.12 bits per heavy atom. The highest BCUT2D eigenvalue weighted by atomic mass is 32.2. The van der Waals surface area contributed by atoms with E-state index in [9.17, 15) is 18.0 Å². The number of aryl methyl sites for hydroxylation is 1. The first-order chi connectivity index (χ1) is 15.3. The van der Waals surface area contributed by atoms with Gasteiger partial charge >= 0.3 is 5.97 Å². The molecule has 0 radical (unpaired) electrons. The smallest absolute Gasteiger partial charge is 0.338 e. The van der Waals surface area contributed by atoms with Gasteiger partial charge in [0, 0.05) is 13.1 Å². The van der Waals surface area contributed by atoms with Crippen molar-refractivity contribution in [1.82, 2.24) is 9.29 Å². The molecule has 0 aliphatic carbocycles. The maximum atomic E-state index is 13.0. The van der Waals surface area contributed by atoms with Crippen LogP contribution in [0.1, 0.15) is 35.2 Å². The first-order valence-electron chi connectivity index (χ1n) is 10.3. The van der Waals surface area contributed by atoms with Crippen LogP contribution in [-0.2, 0) is 19.6 Å². The molecule has 1 aliphatic heterocycles. The zero-order chi connectivity index (χ0) is 22.7. The van der Waals surface area contributed by atoms with Gasteiger partial charge in [0.2, 0.25) is 10.0 Å². The van der Waals surface area contributed by atoms with Crippen molar-refractivity contribution < 1.29 is 22.7 Å². The molecule has 10 heteroatoms. The molecule has 3 aromatic rings. The number of thiazole rings is 1. The Bertz CT molecular complexity index is 1230. The fourth-order valence-corrected chi connectivity index (χ4v) is 6.19. The summed E-state index contributed by atoms with van der Waals surface area (Å²) in [6.45, 7) is 2.14. The summed E-state index contributed by atoms with van der Waals surface area (Å²) in [7, 11) is -3.69. The summed E-state index contributed by atoms with van der Waals surface area (Å²) in [5.41, 5.74) is 1.41. The molecule has 1 aromatic heterocycles. The van der Waals surface area contributed by atoms with E-state index in [0.717, 1.165) is 29.5 Å². The molecule has 0 unspecified atom stereocenters. The van der Waals surface area contributed by atoms with E-state index in [1.165, 1.54) is 27.8 Å². The van der Waals surface area contributed by atoms with E-state index < -0.39 is 28.5 Å². The van der Waals surface area contributed by atoms with Crippen molar-refractivity contribution in [1.29, 1.82) is 0 Å². The number of nitrogens with zero attached hydrogens (tertiary/aromatic N) is 2. The minimum atomic E-state index is -3.69. The SMILES string of the molecule is Cc1ccc(C(=O)OCC(=O)Nc2nc3ccccc3s2)cc1S(=O)(=O)N1CCCCC1. The predicted octanol–water partition coefficient (Wildman–Crippen LogP) is 3.57.